The molecule has 1 atom stereocenters. The molecule has 0 saturated carbocycles. The lowest BCUT2D eigenvalue weighted by atomic mass is 9.90. The van der Waals surface area contributed by atoms with Crippen molar-refractivity contribution in [3.8, 4) is 0 Å². The minimum Gasteiger partial charge on any atom is -0.327 e. The van der Waals surface area contributed by atoms with Crippen LogP contribution in [0.5, 0.6) is 0 Å². The van der Waals surface area contributed by atoms with Gasteiger partial charge in [0.25, 0.3) is 11.6 Å². The van der Waals surface area contributed by atoms with Crippen LogP contribution in [0.15, 0.2) is 53.7 Å². The van der Waals surface area contributed by atoms with Crippen LogP contribution in [0.1, 0.15) is 29.7 Å². The highest BCUT2D eigenvalue weighted by molar-refractivity contribution is 6.06. The van der Waals surface area contributed by atoms with Gasteiger partial charge in [-0.3, -0.25) is 14.9 Å². The number of carbonyl (C=O) groups is 2. The maximum absolute atomic E-state index is 13.0. The Kier molecular flexibility index (Phi) is 5.12. The molecule has 0 spiro atoms. The summed E-state index contributed by atoms with van der Waals surface area (Å²) in [6.07, 6.45) is 0. The van der Waals surface area contributed by atoms with Crippen LogP contribution in [0.3, 0.4) is 0 Å². The molecule has 3 amide bonds. The highest BCUT2D eigenvalue weighted by Gasteiger charge is 2.32. The van der Waals surface area contributed by atoms with Gasteiger partial charge in [0, 0.05) is 23.5 Å². The monoisotopic (exact) mass is 380 g/mol. The summed E-state index contributed by atoms with van der Waals surface area (Å²) in [5, 5.41) is 19.0. The molecule has 1 aliphatic rings. The number of amides is 3. The van der Waals surface area contributed by atoms with Gasteiger partial charge >= 0.3 is 6.03 Å². The number of nitrogens with zero attached hydrogens (tertiary/aromatic N) is 1. The van der Waals surface area contributed by atoms with E-state index in [4.69, 9.17) is 0 Å². The number of carbonyl (C=O) groups excluding carboxylic acids is 2. The zero-order valence-corrected chi connectivity index (χ0v) is 15.7. The molecule has 28 heavy (non-hydrogen) atoms. The maximum Gasteiger partial charge on any atom is 0.319 e. The molecule has 0 bridgehead atoms. The average Bonchev–Trinajstić information content (AvgIpc) is 2.63. The zero-order chi connectivity index (χ0) is 20.4. The molecular weight excluding hydrogens is 360 g/mol. The lowest BCUT2D eigenvalue weighted by Crippen LogP contribution is -2.46. The molecular formula is C20H20N4O4. The zero-order valence-electron chi connectivity index (χ0n) is 15.7. The van der Waals surface area contributed by atoms with Crippen LogP contribution in [0.25, 0.3) is 0 Å². The Hall–Kier alpha value is -3.68. The second-order valence-electron chi connectivity index (χ2n) is 6.69. The van der Waals surface area contributed by atoms with Crippen LogP contribution in [0, 0.1) is 24.0 Å². The Balaban J connectivity index is 1.94. The van der Waals surface area contributed by atoms with E-state index >= 15 is 0 Å². The van der Waals surface area contributed by atoms with Crippen molar-refractivity contribution in [3.05, 3.63) is 80.5 Å². The molecule has 2 aromatic carbocycles. The summed E-state index contributed by atoms with van der Waals surface area (Å²) >= 11 is 0. The van der Waals surface area contributed by atoms with Crippen molar-refractivity contribution in [2.24, 2.45) is 0 Å². The second-order valence-corrected chi connectivity index (χ2v) is 6.69. The molecule has 144 valence electrons. The quantitative estimate of drug-likeness (QED) is 0.556. The molecule has 1 heterocycles. The molecule has 8 nitrogen and oxygen atoms in total. The molecule has 1 aliphatic heterocycles. The predicted octanol–water partition coefficient (Wildman–Crippen LogP) is 3.48. The summed E-state index contributed by atoms with van der Waals surface area (Å²) < 4.78 is 0. The number of nitro benzene ring substituents is 1. The predicted molar refractivity (Wildman–Crippen MR) is 105 cm³/mol. The number of nitro groups is 1. The Morgan fingerprint density at radius 1 is 1.11 bits per heavy atom. The van der Waals surface area contributed by atoms with Gasteiger partial charge in [-0.05, 0) is 44.0 Å². The summed E-state index contributed by atoms with van der Waals surface area (Å²) in [4.78, 5) is 35.3. The van der Waals surface area contributed by atoms with Gasteiger partial charge in [0.15, 0.2) is 0 Å². The SMILES string of the molecule is CC1=C(C(=O)Nc2ccc([N+](=O)[O-])cc2)[C@@H](c2cc(C)ccc2C)NC(=O)N1. The van der Waals surface area contributed by atoms with Crippen LogP contribution in [-0.4, -0.2) is 16.9 Å². The summed E-state index contributed by atoms with van der Waals surface area (Å²) in [5.74, 6) is -0.398. The number of aryl methyl sites for hydroxylation is 2. The van der Waals surface area contributed by atoms with E-state index in [1.165, 1.54) is 24.3 Å². The largest absolute Gasteiger partial charge is 0.327 e. The first-order chi connectivity index (χ1) is 13.3. The number of benzene rings is 2. The van der Waals surface area contributed by atoms with Gasteiger partial charge < -0.3 is 16.0 Å². The van der Waals surface area contributed by atoms with Crippen molar-refractivity contribution in [1.82, 2.24) is 10.6 Å². The van der Waals surface area contributed by atoms with E-state index in [9.17, 15) is 19.7 Å². The minimum atomic E-state index is -0.605. The third-order valence-electron chi connectivity index (χ3n) is 4.60. The van der Waals surface area contributed by atoms with Crippen molar-refractivity contribution in [1.29, 1.82) is 0 Å². The van der Waals surface area contributed by atoms with Crippen molar-refractivity contribution >= 4 is 23.3 Å². The lowest BCUT2D eigenvalue weighted by Gasteiger charge is -2.29. The van der Waals surface area contributed by atoms with Crippen LogP contribution < -0.4 is 16.0 Å². The summed E-state index contributed by atoms with van der Waals surface area (Å²) in [6.45, 7) is 5.53. The minimum absolute atomic E-state index is 0.0618. The molecule has 2 aromatic rings. The first-order valence-corrected chi connectivity index (χ1v) is 8.67. The van der Waals surface area contributed by atoms with E-state index in [0.29, 0.717) is 17.0 Å². The maximum atomic E-state index is 13.0. The van der Waals surface area contributed by atoms with Crippen LogP contribution >= 0.6 is 0 Å². The molecule has 3 rings (SSSR count). The first-order valence-electron chi connectivity index (χ1n) is 8.67. The summed E-state index contributed by atoms with van der Waals surface area (Å²) in [7, 11) is 0. The van der Waals surface area contributed by atoms with Crippen LogP contribution in [-0.2, 0) is 4.79 Å². The molecule has 0 radical (unpaired) electrons. The lowest BCUT2D eigenvalue weighted by molar-refractivity contribution is -0.384. The van der Waals surface area contributed by atoms with E-state index in [2.05, 4.69) is 16.0 Å². The number of nitrogens with one attached hydrogen (secondary N) is 3. The fraction of sp³-hybridized carbons (Fsp3) is 0.200. The molecule has 0 fully saturated rings. The molecule has 0 unspecified atom stereocenters. The van der Waals surface area contributed by atoms with Crippen molar-refractivity contribution < 1.29 is 14.5 Å². The Bertz CT molecular complexity index is 996. The molecule has 3 N–H and O–H groups in total. The Labute approximate surface area is 161 Å². The fourth-order valence-corrected chi connectivity index (χ4v) is 3.16. The number of hydrogen-bond acceptors (Lipinski definition) is 4. The molecule has 8 heteroatoms. The number of allylic oxidation sites excluding steroid dienone is 1. The van der Waals surface area contributed by atoms with E-state index < -0.39 is 16.9 Å². The van der Waals surface area contributed by atoms with Gasteiger partial charge in [-0.1, -0.05) is 23.8 Å². The van der Waals surface area contributed by atoms with Crippen molar-refractivity contribution in [3.63, 3.8) is 0 Å². The average molecular weight is 380 g/mol. The highest BCUT2D eigenvalue weighted by Crippen LogP contribution is 2.30. The smallest absolute Gasteiger partial charge is 0.319 e. The number of rotatable bonds is 4. The van der Waals surface area contributed by atoms with Crippen LogP contribution in [0.2, 0.25) is 0 Å². The normalized spacial score (nSPS) is 16.2. The van der Waals surface area contributed by atoms with E-state index in [-0.39, 0.29) is 11.7 Å². The molecule has 0 saturated heterocycles. The van der Waals surface area contributed by atoms with E-state index in [1.54, 1.807) is 6.92 Å². The van der Waals surface area contributed by atoms with E-state index in [1.807, 2.05) is 32.0 Å². The highest BCUT2D eigenvalue weighted by atomic mass is 16.6. The van der Waals surface area contributed by atoms with Crippen molar-refractivity contribution in [2.75, 3.05) is 5.32 Å². The first kappa shape index (κ1) is 19.1. The van der Waals surface area contributed by atoms with Gasteiger partial charge in [0.05, 0.1) is 16.5 Å². The standard InChI is InChI=1S/C20H20N4O4/c1-11-4-5-12(2)16(10-11)18-17(13(3)21-20(26)23-18)19(25)22-14-6-8-15(9-7-14)24(27)28/h4-10,18H,1-3H3,(H,22,25)(H2,21,23,26)/t18-/m1/s1. The van der Waals surface area contributed by atoms with Gasteiger partial charge in [-0.15, -0.1) is 0 Å². The summed E-state index contributed by atoms with van der Waals surface area (Å²) in [5.41, 5.74) is 4.00. The third kappa shape index (κ3) is 3.85. The van der Waals surface area contributed by atoms with Crippen molar-refractivity contribution in [2.45, 2.75) is 26.8 Å². The van der Waals surface area contributed by atoms with Gasteiger partial charge in [-0.25, -0.2) is 4.79 Å². The summed E-state index contributed by atoms with van der Waals surface area (Å²) in [6, 6.07) is 10.4. The van der Waals surface area contributed by atoms with Gasteiger partial charge in [0.2, 0.25) is 0 Å². The van der Waals surface area contributed by atoms with Gasteiger partial charge in [-0.2, -0.15) is 0 Å². The van der Waals surface area contributed by atoms with Gasteiger partial charge in [0.1, 0.15) is 0 Å². The number of anilines is 1. The number of non-ortho nitro benzene ring substituents is 1. The number of urea groups is 1. The van der Waals surface area contributed by atoms with E-state index in [0.717, 1.165) is 16.7 Å². The Morgan fingerprint density at radius 2 is 1.79 bits per heavy atom. The fourth-order valence-electron chi connectivity index (χ4n) is 3.16. The second kappa shape index (κ2) is 7.51. The third-order valence-corrected chi connectivity index (χ3v) is 4.60. The van der Waals surface area contributed by atoms with Crippen LogP contribution in [0.4, 0.5) is 16.2 Å². The number of hydrogen-bond donors (Lipinski definition) is 3. The molecule has 0 aromatic heterocycles. The molecule has 0 aliphatic carbocycles. The Morgan fingerprint density at radius 3 is 2.43 bits per heavy atom. The topological polar surface area (TPSA) is 113 Å².